The van der Waals surface area contributed by atoms with Gasteiger partial charge in [0, 0.05) is 29.6 Å². The number of rotatable bonds is 6. The highest BCUT2D eigenvalue weighted by Gasteiger charge is 2.31. The monoisotopic (exact) mass is 577 g/mol. The number of hydrogen-bond acceptors (Lipinski definition) is 3. The van der Waals surface area contributed by atoms with E-state index >= 15 is 0 Å². The Hall–Kier alpha value is -4.24. The second-order valence-electron chi connectivity index (χ2n) is 13.0. The molecule has 0 radical (unpaired) electrons. The van der Waals surface area contributed by atoms with Gasteiger partial charge in [-0.2, -0.15) is 0 Å². The molecule has 3 heteroatoms. The minimum Gasteiger partial charge on any atom is -0.382 e. The molecule has 0 bridgehead atoms. The normalized spacial score (nSPS) is 28.4. The van der Waals surface area contributed by atoms with Crippen LogP contribution >= 0.6 is 0 Å². The maximum atomic E-state index is 5.40. The topological polar surface area (TPSA) is 36.8 Å². The van der Waals surface area contributed by atoms with Gasteiger partial charge in [0.25, 0.3) is 0 Å². The van der Waals surface area contributed by atoms with Gasteiger partial charge in [-0.05, 0) is 109 Å². The molecule has 1 N–H and O–H groups in total. The quantitative estimate of drug-likeness (QED) is 0.341. The number of hydrogen-bond donors (Lipinski definition) is 1. The highest BCUT2D eigenvalue weighted by Crippen LogP contribution is 2.40. The smallest absolute Gasteiger partial charge is 0.0653 e. The first-order valence-corrected chi connectivity index (χ1v) is 16.5. The second kappa shape index (κ2) is 12.8. The minimum atomic E-state index is 0.283. The zero-order valence-corrected chi connectivity index (χ0v) is 26.0. The molecule has 7 rings (SSSR count). The van der Waals surface area contributed by atoms with Crippen molar-refractivity contribution in [2.75, 3.05) is 0 Å². The van der Waals surface area contributed by atoms with Crippen molar-refractivity contribution in [1.29, 1.82) is 0 Å². The van der Waals surface area contributed by atoms with Crippen LogP contribution in [0.2, 0.25) is 0 Å². The number of benzene rings is 2. The molecular weight excluding hydrogens is 534 g/mol. The van der Waals surface area contributed by atoms with Crippen LogP contribution in [0.1, 0.15) is 63.5 Å². The van der Waals surface area contributed by atoms with Crippen molar-refractivity contribution in [2.45, 2.75) is 64.5 Å². The summed E-state index contributed by atoms with van der Waals surface area (Å²) < 4.78 is 0. The molecule has 2 aromatic rings. The number of nitrogens with one attached hydrogen (secondary N) is 1. The third-order valence-electron chi connectivity index (χ3n) is 9.83. The lowest BCUT2D eigenvalue weighted by molar-refractivity contribution is 0.386. The number of dihydropyridines is 2. The largest absolute Gasteiger partial charge is 0.382 e. The van der Waals surface area contributed by atoms with Gasteiger partial charge in [-0.1, -0.05) is 98.0 Å². The van der Waals surface area contributed by atoms with Gasteiger partial charge >= 0.3 is 0 Å². The summed E-state index contributed by atoms with van der Waals surface area (Å²) in [6.07, 6.45) is 27.3. The Morgan fingerprint density at radius 3 is 2.32 bits per heavy atom. The van der Waals surface area contributed by atoms with Crippen LogP contribution in [0.4, 0.5) is 0 Å². The number of aliphatic imine (C=N–C) groups is 2. The van der Waals surface area contributed by atoms with Crippen LogP contribution in [0.5, 0.6) is 0 Å². The van der Waals surface area contributed by atoms with Crippen molar-refractivity contribution in [3.8, 4) is 0 Å². The Balaban J connectivity index is 1.27. The van der Waals surface area contributed by atoms with Crippen molar-refractivity contribution < 1.29 is 0 Å². The summed E-state index contributed by atoms with van der Waals surface area (Å²) in [7, 11) is 0. The molecule has 3 heterocycles. The molecule has 0 aromatic heterocycles. The van der Waals surface area contributed by atoms with Gasteiger partial charge in [0.05, 0.1) is 11.8 Å². The molecule has 0 fully saturated rings. The van der Waals surface area contributed by atoms with Crippen LogP contribution in [0.15, 0.2) is 148 Å². The van der Waals surface area contributed by atoms with Crippen LogP contribution < -0.4 is 5.32 Å². The van der Waals surface area contributed by atoms with E-state index in [1.54, 1.807) is 0 Å². The Morgan fingerprint density at radius 1 is 0.818 bits per heavy atom. The van der Waals surface area contributed by atoms with Crippen LogP contribution in [-0.2, 0) is 0 Å². The van der Waals surface area contributed by atoms with E-state index < -0.39 is 0 Å². The molecule has 0 amide bonds. The highest BCUT2D eigenvalue weighted by molar-refractivity contribution is 6.10. The van der Waals surface area contributed by atoms with E-state index in [2.05, 4.69) is 135 Å². The van der Waals surface area contributed by atoms with Crippen molar-refractivity contribution in [2.24, 2.45) is 27.7 Å². The summed E-state index contributed by atoms with van der Waals surface area (Å²) in [6.45, 7) is 4.57. The minimum absolute atomic E-state index is 0.283. The first-order chi connectivity index (χ1) is 21.6. The predicted octanol–water partition coefficient (Wildman–Crippen LogP) is 9.36. The molecule has 3 aliphatic heterocycles. The third kappa shape index (κ3) is 6.19. The van der Waals surface area contributed by atoms with Gasteiger partial charge in [-0.25, -0.2) is 0 Å². The van der Waals surface area contributed by atoms with Gasteiger partial charge in [-0.15, -0.1) is 0 Å². The lowest BCUT2D eigenvalue weighted by Gasteiger charge is -2.33. The third-order valence-corrected chi connectivity index (χ3v) is 9.83. The lowest BCUT2D eigenvalue weighted by Crippen LogP contribution is -2.31. The summed E-state index contributed by atoms with van der Waals surface area (Å²) >= 11 is 0. The maximum absolute atomic E-state index is 5.40. The molecule has 5 atom stereocenters. The van der Waals surface area contributed by atoms with Gasteiger partial charge < -0.3 is 5.32 Å². The first-order valence-electron chi connectivity index (χ1n) is 16.5. The average Bonchev–Trinajstić information content (AvgIpc) is 3.09. The zero-order valence-electron chi connectivity index (χ0n) is 26.0. The molecule has 222 valence electrons. The van der Waals surface area contributed by atoms with Gasteiger partial charge in [-0.3, -0.25) is 9.98 Å². The molecule has 44 heavy (non-hydrogen) atoms. The van der Waals surface area contributed by atoms with Crippen LogP contribution in [0, 0.1) is 17.8 Å². The summed E-state index contributed by atoms with van der Waals surface area (Å²) in [5.41, 5.74) is 11.6. The standard InChI is InChI=1S/C41H43N3/c1-28-21-39(42-27-37(28)30-14-6-3-7-15-30)36-23-33(22-35(24-36)38-20-12-13-29(2)43-38)34-25-40(31-16-8-4-9-17-31)44-41(26-34)32-18-10-5-11-19-32/h3-10,12-17,20,23-25,27-29,32,35,41,43H,11,18-19,21-22,26H2,1-2H3/t28?,29-,32?,35?,41?/m0/s1. The lowest BCUT2D eigenvalue weighted by atomic mass is 9.76. The van der Waals surface area contributed by atoms with Crippen molar-refractivity contribution in [1.82, 2.24) is 5.32 Å². The molecule has 4 unspecified atom stereocenters. The summed E-state index contributed by atoms with van der Waals surface area (Å²) in [5.74, 6) is 1.29. The van der Waals surface area contributed by atoms with Gasteiger partial charge in [0.15, 0.2) is 0 Å². The van der Waals surface area contributed by atoms with Crippen LogP contribution in [0.25, 0.3) is 5.57 Å². The zero-order chi connectivity index (χ0) is 29.9. The van der Waals surface area contributed by atoms with E-state index in [9.17, 15) is 0 Å². The van der Waals surface area contributed by atoms with Crippen LogP contribution in [0.3, 0.4) is 0 Å². The van der Waals surface area contributed by atoms with Crippen LogP contribution in [-0.4, -0.2) is 23.5 Å². The molecule has 2 aliphatic carbocycles. The molecule has 3 nitrogen and oxygen atoms in total. The van der Waals surface area contributed by atoms with E-state index in [1.807, 2.05) is 0 Å². The first kappa shape index (κ1) is 28.5. The molecule has 0 saturated heterocycles. The molecule has 0 spiro atoms. The Kier molecular flexibility index (Phi) is 8.29. The number of allylic oxidation sites excluding steroid dienone is 10. The van der Waals surface area contributed by atoms with Crippen molar-refractivity contribution in [3.63, 3.8) is 0 Å². The van der Waals surface area contributed by atoms with Gasteiger partial charge in [0.2, 0.25) is 0 Å². The van der Waals surface area contributed by atoms with E-state index in [0.717, 1.165) is 37.8 Å². The van der Waals surface area contributed by atoms with E-state index in [4.69, 9.17) is 9.98 Å². The maximum Gasteiger partial charge on any atom is 0.0653 e. The predicted molar refractivity (Wildman–Crippen MR) is 186 cm³/mol. The number of nitrogens with zero attached hydrogens (tertiary/aromatic N) is 2. The molecule has 5 aliphatic rings. The molecule has 2 aromatic carbocycles. The Bertz CT molecular complexity index is 1660. The second-order valence-corrected chi connectivity index (χ2v) is 13.0. The fourth-order valence-electron chi connectivity index (χ4n) is 7.38. The Labute approximate surface area is 263 Å². The summed E-state index contributed by atoms with van der Waals surface area (Å²) in [4.78, 5) is 10.5. The van der Waals surface area contributed by atoms with E-state index in [0.29, 0.717) is 23.9 Å². The summed E-state index contributed by atoms with van der Waals surface area (Å²) in [6, 6.07) is 22.1. The van der Waals surface area contributed by atoms with E-state index in [1.165, 1.54) is 51.2 Å². The van der Waals surface area contributed by atoms with Crippen molar-refractivity contribution >= 4 is 17.0 Å². The van der Waals surface area contributed by atoms with Gasteiger partial charge in [0.1, 0.15) is 0 Å². The highest BCUT2D eigenvalue weighted by atomic mass is 14.9. The fourth-order valence-corrected chi connectivity index (χ4v) is 7.38. The fraction of sp³-hybridized carbons (Fsp3) is 0.317. The van der Waals surface area contributed by atoms with E-state index in [-0.39, 0.29) is 5.92 Å². The summed E-state index contributed by atoms with van der Waals surface area (Å²) in [5, 5.41) is 3.77. The molecule has 0 saturated carbocycles. The van der Waals surface area contributed by atoms with Crippen molar-refractivity contribution in [3.05, 3.63) is 149 Å². The Morgan fingerprint density at radius 2 is 1.59 bits per heavy atom. The molecular formula is C41H43N3. The SMILES string of the molecule is CC1CC(C2=CC(C3=CC=C[C@H](C)N3)CC(C3=CC(c4ccccc4)=NC(C4CC=CCC4)C3)=C2)=NC=C1c1ccccc1. The average molecular weight is 578 g/mol.